The molecule has 0 aliphatic heterocycles. The van der Waals surface area contributed by atoms with Crippen LogP contribution in [0.15, 0.2) is 12.2 Å². The van der Waals surface area contributed by atoms with Crippen molar-refractivity contribution in [1.82, 2.24) is 0 Å². The second kappa shape index (κ2) is 3.87. The van der Waals surface area contributed by atoms with Gasteiger partial charge in [-0.1, -0.05) is 62.9 Å². The van der Waals surface area contributed by atoms with Gasteiger partial charge in [-0.3, -0.25) is 0 Å². The molecule has 0 aromatic rings. The minimum absolute atomic E-state index is 0.0949. The van der Waals surface area contributed by atoms with Crippen LogP contribution in [0.5, 0.6) is 0 Å². The molecule has 0 fully saturated rings. The van der Waals surface area contributed by atoms with E-state index < -0.39 is 3.79 Å². The van der Waals surface area contributed by atoms with Crippen LogP contribution in [-0.2, 0) is 0 Å². The quantitative estimate of drug-likeness (QED) is 0.462. The third kappa shape index (κ3) is 2.80. The van der Waals surface area contributed by atoms with E-state index in [0.717, 1.165) is 12.8 Å². The Labute approximate surface area is 90.0 Å². The first-order valence-corrected chi connectivity index (χ1v) is 5.44. The summed E-state index contributed by atoms with van der Waals surface area (Å²) in [6.45, 7) is 0. The van der Waals surface area contributed by atoms with Gasteiger partial charge in [0.2, 0.25) is 0 Å². The molecule has 11 heavy (non-hydrogen) atoms. The Balaban J connectivity index is 2.65. The maximum absolute atomic E-state index is 5.77. The van der Waals surface area contributed by atoms with Crippen LogP contribution in [0.3, 0.4) is 0 Å². The molecule has 64 valence electrons. The van der Waals surface area contributed by atoms with Crippen molar-refractivity contribution in [2.24, 2.45) is 5.92 Å². The van der Waals surface area contributed by atoms with Crippen molar-refractivity contribution in [2.75, 3.05) is 0 Å². The number of hydrogen-bond donors (Lipinski definition) is 0. The molecule has 0 aromatic carbocycles. The molecule has 0 heterocycles. The minimum Gasteiger partial charge on any atom is -0.0874 e. The smallest absolute Gasteiger partial charge is 0.0874 e. The minimum atomic E-state index is -1.14. The summed E-state index contributed by atoms with van der Waals surface area (Å²) in [6.07, 6.45) is 6.08. The zero-order valence-electron chi connectivity index (χ0n) is 5.74. The maximum Gasteiger partial charge on any atom is 0.194 e. The summed E-state index contributed by atoms with van der Waals surface area (Å²) in [5, 5.41) is 0. The second-order valence-electron chi connectivity index (χ2n) is 2.60. The van der Waals surface area contributed by atoms with Crippen molar-refractivity contribution >= 4 is 50.7 Å². The van der Waals surface area contributed by atoms with Crippen LogP contribution < -0.4 is 0 Å². The van der Waals surface area contributed by atoms with E-state index in [2.05, 4.69) is 22.0 Å². The van der Waals surface area contributed by atoms with Crippen LogP contribution in [0.4, 0.5) is 0 Å². The summed E-state index contributed by atoms with van der Waals surface area (Å²) in [7, 11) is 0. The molecule has 0 saturated heterocycles. The lowest BCUT2D eigenvalue weighted by atomic mass is 9.96. The van der Waals surface area contributed by atoms with Crippen molar-refractivity contribution in [3.63, 3.8) is 0 Å². The molecule has 4 heteroatoms. The van der Waals surface area contributed by atoms with Crippen LogP contribution in [0.25, 0.3) is 0 Å². The molecular formula is C7H8BrCl3. The normalized spacial score (nSPS) is 32.4. The monoisotopic (exact) mass is 276 g/mol. The van der Waals surface area contributed by atoms with Gasteiger partial charge in [0.05, 0.1) is 0 Å². The highest BCUT2D eigenvalue weighted by molar-refractivity contribution is 9.09. The Hall–Kier alpha value is 1.09. The molecule has 0 amide bonds. The van der Waals surface area contributed by atoms with Gasteiger partial charge in [-0.05, 0) is 12.8 Å². The first-order valence-electron chi connectivity index (χ1n) is 3.39. The molecule has 2 unspecified atom stereocenters. The number of alkyl halides is 4. The Kier molecular flexibility index (Phi) is 3.57. The molecular weight excluding hydrogens is 270 g/mol. The van der Waals surface area contributed by atoms with E-state index >= 15 is 0 Å². The first kappa shape index (κ1) is 10.2. The molecule has 0 bridgehead atoms. The van der Waals surface area contributed by atoms with Gasteiger partial charge in [0.25, 0.3) is 0 Å². The Bertz CT molecular complexity index is 162. The Morgan fingerprint density at radius 1 is 1.36 bits per heavy atom. The summed E-state index contributed by atoms with van der Waals surface area (Å²) in [5.41, 5.74) is 0. The largest absolute Gasteiger partial charge is 0.194 e. The van der Waals surface area contributed by atoms with Crippen molar-refractivity contribution in [1.29, 1.82) is 0 Å². The highest BCUT2D eigenvalue weighted by Gasteiger charge is 2.36. The van der Waals surface area contributed by atoms with Gasteiger partial charge in [-0.15, -0.1) is 0 Å². The summed E-state index contributed by atoms with van der Waals surface area (Å²) in [5.74, 6) is 0.0949. The lowest BCUT2D eigenvalue weighted by molar-refractivity contribution is 0.504. The van der Waals surface area contributed by atoms with E-state index in [0.29, 0.717) is 0 Å². The third-order valence-corrected chi connectivity index (χ3v) is 3.55. The van der Waals surface area contributed by atoms with Gasteiger partial charge < -0.3 is 0 Å². The lowest BCUT2D eigenvalue weighted by Crippen LogP contribution is -2.28. The third-order valence-electron chi connectivity index (χ3n) is 1.77. The number of allylic oxidation sites excluding steroid dienone is 2. The van der Waals surface area contributed by atoms with E-state index in [4.69, 9.17) is 34.8 Å². The predicted octanol–water partition coefficient (Wildman–Crippen LogP) is 4.09. The fraction of sp³-hybridized carbons (Fsp3) is 0.714. The van der Waals surface area contributed by atoms with Crippen molar-refractivity contribution in [3.8, 4) is 0 Å². The molecule has 1 aliphatic carbocycles. The Morgan fingerprint density at radius 3 is 2.36 bits per heavy atom. The van der Waals surface area contributed by atoms with E-state index in [1.54, 1.807) is 0 Å². The van der Waals surface area contributed by atoms with Crippen LogP contribution in [0.2, 0.25) is 0 Å². The summed E-state index contributed by atoms with van der Waals surface area (Å²) < 4.78 is -1.14. The molecule has 0 aromatic heterocycles. The highest BCUT2D eigenvalue weighted by Crippen LogP contribution is 2.43. The van der Waals surface area contributed by atoms with Crippen LogP contribution >= 0.6 is 50.7 Å². The molecule has 1 rings (SSSR count). The van der Waals surface area contributed by atoms with Gasteiger partial charge in [0, 0.05) is 10.7 Å². The molecule has 0 N–H and O–H groups in total. The molecule has 2 atom stereocenters. The first-order chi connectivity index (χ1) is 5.02. The summed E-state index contributed by atoms with van der Waals surface area (Å²) in [6, 6.07) is 0. The number of hydrogen-bond acceptors (Lipinski definition) is 0. The lowest BCUT2D eigenvalue weighted by Gasteiger charge is -2.29. The van der Waals surface area contributed by atoms with Gasteiger partial charge in [-0.2, -0.15) is 0 Å². The fourth-order valence-corrected chi connectivity index (χ4v) is 3.21. The van der Waals surface area contributed by atoms with E-state index in [9.17, 15) is 0 Å². The molecule has 0 spiro atoms. The zero-order chi connectivity index (χ0) is 8.48. The average molecular weight is 278 g/mol. The average Bonchev–Trinajstić information content (AvgIpc) is 1.86. The number of halogens is 4. The number of rotatable bonds is 0. The van der Waals surface area contributed by atoms with Crippen molar-refractivity contribution < 1.29 is 0 Å². The van der Waals surface area contributed by atoms with Crippen LogP contribution in [0, 0.1) is 5.92 Å². The summed E-state index contributed by atoms with van der Waals surface area (Å²) in [4.78, 5) is 0.198. The van der Waals surface area contributed by atoms with Gasteiger partial charge in [0.1, 0.15) is 0 Å². The van der Waals surface area contributed by atoms with E-state index in [-0.39, 0.29) is 10.7 Å². The molecule has 0 radical (unpaired) electrons. The maximum atomic E-state index is 5.77. The van der Waals surface area contributed by atoms with E-state index in [1.807, 2.05) is 6.08 Å². The van der Waals surface area contributed by atoms with Gasteiger partial charge in [0.15, 0.2) is 3.79 Å². The van der Waals surface area contributed by atoms with Gasteiger partial charge >= 0.3 is 0 Å². The Morgan fingerprint density at radius 2 is 2.00 bits per heavy atom. The molecule has 0 nitrogen and oxygen atoms in total. The standard InChI is InChI=1S/C7H8BrCl3/c8-6-4-2-1-3-5(6)7(9,10)11/h2,4-6H,1,3H2. The van der Waals surface area contributed by atoms with E-state index in [1.165, 1.54) is 0 Å². The van der Waals surface area contributed by atoms with Crippen molar-refractivity contribution in [3.05, 3.63) is 12.2 Å². The van der Waals surface area contributed by atoms with Crippen LogP contribution in [0.1, 0.15) is 12.8 Å². The fourth-order valence-electron chi connectivity index (χ4n) is 1.14. The van der Waals surface area contributed by atoms with Crippen LogP contribution in [-0.4, -0.2) is 8.62 Å². The van der Waals surface area contributed by atoms with Crippen molar-refractivity contribution in [2.45, 2.75) is 21.5 Å². The molecule has 0 saturated carbocycles. The topological polar surface area (TPSA) is 0 Å². The second-order valence-corrected chi connectivity index (χ2v) is 6.02. The summed E-state index contributed by atoms with van der Waals surface area (Å²) >= 11 is 20.8. The highest BCUT2D eigenvalue weighted by atomic mass is 79.9. The van der Waals surface area contributed by atoms with Gasteiger partial charge in [-0.25, -0.2) is 0 Å². The molecule has 1 aliphatic rings. The SMILES string of the molecule is ClC(Cl)(Cl)C1CCC=CC1Br. The predicted molar refractivity (Wildman–Crippen MR) is 54.9 cm³/mol. The zero-order valence-corrected chi connectivity index (χ0v) is 9.59.